The maximum Gasteiger partial charge on any atom is 0.0931 e. The quantitative estimate of drug-likeness (QED) is 0.777. The van der Waals surface area contributed by atoms with Crippen LogP contribution in [0.15, 0.2) is 12.1 Å². The Hall–Kier alpha value is -0.0900. The molecule has 1 aromatic rings. The van der Waals surface area contributed by atoms with Gasteiger partial charge >= 0.3 is 0 Å². The van der Waals surface area contributed by atoms with Crippen LogP contribution in [0.4, 0.5) is 0 Å². The molecule has 0 bridgehead atoms. The summed E-state index contributed by atoms with van der Waals surface area (Å²) in [5, 5.41) is 3.57. The Morgan fingerprint density at radius 1 is 1.21 bits per heavy atom. The van der Waals surface area contributed by atoms with Gasteiger partial charge in [-0.25, -0.2) is 0 Å². The molecule has 4 heteroatoms. The molecule has 0 saturated heterocycles. The van der Waals surface area contributed by atoms with Crippen molar-refractivity contribution in [2.24, 2.45) is 11.8 Å². The Morgan fingerprint density at radius 2 is 1.89 bits per heavy atom. The van der Waals surface area contributed by atoms with Crippen LogP contribution in [0, 0.1) is 11.8 Å². The molecule has 0 fully saturated rings. The van der Waals surface area contributed by atoms with E-state index < -0.39 is 0 Å². The molecule has 1 rings (SSSR count). The number of hydrogen-bond acceptors (Lipinski definition) is 3. The maximum atomic E-state index is 5.99. The predicted octanol–water partition coefficient (Wildman–Crippen LogP) is 4.10. The molecular weight excluding hydrogens is 276 g/mol. The van der Waals surface area contributed by atoms with Gasteiger partial charge in [0.1, 0.15) is 0 Å². The largest absolute Gasteiger partial charge is 0.315 e. The third-order valence-electron chi connectivity index (χ3n) is 3.28. The number of halogens is 1. The molecule has 0 spiro atoms. The maximum absolute atomic E-state index is 5.99. The standard InChI is InChI=1S/C15H27ClN2S/c1-11(2)8-17-9-14(12(3)4)18(5)10-13-6-7-15(16)19-13/h6-7,11-12,14,17H,8-10H2,1-5H3. The minimum absolute atomic E-state index is 0.555. The second-order valence-corrected chi connectivity index (χ2v) is 7.78. The van der Waals surface area contributed by atoms with Gasteiger partial charge in [-0.2, -0.15) is 0 Å². The first-order valence-electron chi connectivity index (χ1n) is 7.05. The van der Waals surface area contributed by atoms with Gasteiger partial charge in [0, 0.05) is 24.0 Å². The summed E-state index contributed by atoms with van der Waals surface area (Å²) < 4.78 is 0.877. The summed E-state index contributed by atoms with van der Waals surface area (Å²) in [5.74, 6) is 1.34. The SMILES string of the molecule is CC(C)CNCC(C(C)C)N(C)Cc1ccc(Cl)s1. The van der Waals surface area contributed by atoms with Crippen molar-refractivity contribution in [1.82, 2.24) is 10.2 Å². The molecule has 0 aliphatic heterocycles. The van der Waals surface area contributed by atoms with Crippen molar-refractivity contribution >= 4 is 22.9 Å². The summed E-state index contributed by atoms with van der Waals surface area (Å²) in [7, 11) is 2.20. The highest BCUT2D eigenvalue weighted by molar-refractivity contribution is 7.16. The lowest BCUT2D eigenvalue weighted by Crippen LogP contribution is -2.43. The second kappa shape index (κ2) is 8.25. The Labute approximate surface area is 127 Å². The van der Waals surface area contributed by atoms with E-state index >= 15 is 0 Å². The minimum atomic E-state index is 0.555. The van der Waals surface area contributed by atoms with Crippen molar-refractivity contribution < 1.29 is 0 Å². The molecule has 0 aliphatic rings. The van der Waals surface area contributed by atoms with Gasteiger partial charge < -0.3 is 5.32 Å². The summed E-state index contributed by atoms with van der Waals surface area (Å²) in [6.07, 6.45) is 0. The summed E-state index contributed by atoms with van der Waals surface area (Å²) in [6, 6.07) is 4.67. The summed E-state index contributed by atoms with van der Waals surface area (Å²) in [5.41, 5.74) is 0. The van der Waals surface area contributed by atoms with Gasteiger partial charge in [0.05, 0.1) is 4.34 Å². The molecule has 2 nitrogen and oxygen atoms in total. The number of rotatable bonds is 8. The number of thiophene rings is 1. The van der Waals surface area contributed by atoms with Gasteiger partial charge in [0.15, 0.2) is 0 Å². The van der Waals surface area contributed by atoms with Gasteiger partial charge in [-0.05, 0) is 37.6 Å². The van der Waals surface area contributed by atoms with Gasteiger partial charge in [-0.1, -0.05) is 39.3 Å². The van der Waals surface area contributed by atoms with Crippen LogP contribution in [-0.2, 0) is 6.54 Å². The molecule has 0 radical (unpaired) electrons. The molecule has 19 heavy (non-hydrogen) atoms. The molecule has 1 N–H and O–H groups in total. The van der Waals surface area contributed by atoms with Crippen LogP contribution in [0.1, 0.15) is 32.6 Å². The Morgan fingerprint density at radius 3 is 2.37 bits per heavy atom. The topological polar surface area (TPSA) is 15.3 Å². The third-order valence-corrected chi connectivity index (χ3v) is 4.49. The summed E-state index contributed by atoms with van der Waals surface area (Å²) in [6.45, 7) is 12.2. The summed E-state index contributed by atoms with van der Waals surface area (Å²) in [4.78, 5) is 3.77. The first kappa shape index (κ1) is 17.0. The van der Waals surface area contributed by atoms with E-state index in [2.05, 4.69) is 51.0 Å². The van der Waals surface area contributed by atoms with Crippen LogP contribution in [0.25, 0.3) is 0 Å². The van der Waals surface area contributed by atoms with E-state index in [0.29, 0.717) is 17.9 Å². The molecule has 1 aromatic heterocycles. The van der Waals surface area contributed by atoms with Crippen molar-refractivity contribution in [1.29, 1.82) is 0 Å². The summed E-state index contributed by atoms with van der Waals surface area (Å²) >= 11 is 7.67. The van der Waals surface area contributed by atoms with Crippen LogP contribution in [0.3, 0.4) is 0 Å². The number of nitrogens with one attached hydrogen (secondary N) is 1. The van der Waals surface area contributed by atoms with E-state index in [9.17, 15) is 0 Å². The van der Waals surface area contributed by atoms with Gasteiger partial charge in [0.2, 0.25) is 0 Å². The first-order chi connectivity index (χ1) is 8.90. The minimum Gasteiger partial charge on any atom is -0.315 e. The fourth-order valence-electron chi connectivity index (χ4n) is 2.22. The molecule has 0 aromatic carbocycles. The van der Waals surface area contributed by atoms with E-state index in [1.54, 1.807) is 11.3 Å². The van der Waals surface area contributed by atoms with Crippen molar-refractivity contribution in [2.75, 3.05) is 20.1 Å². The van der Waals surface area contributed by atoms with E-state index in [0.717, 1.165) is 24.0 Å². The Balaban J connectivity index is 2.50. The van der Waals surface area contributed by atoms with Crippen molar-refractivity contribution in [3.8, 4) is 0 Å². The highest BCUT2D eigenvalue weighted by Crippen LogP contribution is 2.23. The lowest BCUT2D eigenvalue weighted by molar-refractivity contribution is 0.180. The first-order valence-corrected chi connectivity index (χ1v) is 8.24. The lowest BCUT2D eigenvalue weighted by Gasteiger charge is -2.31. The van der Waals surface area contributed by atoms with E-state index in [1.807, 2.05) is 6.07 Å². The smallest absolute Gasteiger partial charge is 0.0931 e. The molecule has 1 atom stereocenters. The molecule has 0 aliphatic carbocycles. The highest BCUT2D eigenvalue weighted by Gasteiger charge is 2.19. The van der Waals surface area contributed by atoms with Crippen molar-refractivity contribution in [2.45, 2.75) is 40.3 Å². The fraction of sp³-hybridized carbons (Fsp3) is 0.733. The normalized spacial score (nSPS) is 13.7. The Bertz CT molecular complexity index is 363. The van der Waals surface area contributed by atoms with Gasteiger partial charge in [-0.15, -0.1) is 11.3 Å². The van der Waals surface area contributed by atoms with Crippen LogP contribution < -0.4 is 5.32 Å². The zero-order valence-corrected chi connectivity index (χ0v) is 14.3. The zero-order valence-electron chi connectivity index (χ0n) is 12.7. The number of likely N-dealkylation sites (N-methyl/N-ethyl adjacent to an activating group) is 1. The lowest BCUT2D eigenvalue weighted by atomic mass is 10.0. The third kappa shape index (κ3) is 6.26. The number of nitrogens with zero attached hydrogens (tertiary/aromatic N) is 1. The van der Waals surface area contributed by atoms with Crippen molar-refractivity contribution in [3.63, 3.8) is 0 Å². The van der Waals surface area contributed by atoms with E-state index in [-0.39, 0.29) is 0 Å². The molecular formula is C15H27ClN2S. The average Bonchev–Trinajstić information content (AvgIpc) is 2.69. The van der Waals surface area contributed by atoms with Crippen molar-refractivity contribution in [3.05, 3.63) is 21.3 Å². The number of hydrogen-bond donors (Lipinski definition) is 1. The highest BCUT2D eigenvalue weighted by atomic mass is 35.5. The molecule has 0 amide bonds. The Kier molecular flexibility index (Phi) is 7.37. The molecule has 0 saturated carbocycles. The molecule has 1 heterocycles. The second-order valence-electron chi connectivity index (χ2n) is 5.98. The van der Waals surface area contributed by atoms with Crippen LogP contribution >= 0.6 is 22.9 Å². The fourth-order valence-corrected chi connectivity index (χ4v) is 3.37. The van der Waals surface area contributed by atoms with E-state index in [1.165, 1.54) is 4.88 Å². The monoisotopic (exact) mass is 302 g/mol. The van der Waals surface area contributed by atoms with Crippen LogP contribution in [0.2, 0.25) is 4.34 Å². The van der Waals surface area contributed by atoms with Crippen LogP contribution in [0.5, 0.6) is 0 Å². The van der Waals surface area contributed by atoms with Gasteiger partial charge in [-0.3, -0.25) is 4.90 Å². The average molecular weight is 303 g/mol. The zero-order chi connectivity index (χ0) is 14.4. The predicted molar refractivity (Wildman–Crippen MR) is 87.1 cm³/mol. The van der Waals surface area contributed by atoms with Gasteiger partial charge in [0.25, 0.3) is 0 Å². The molecule has 110 valence electrons. The van der Waals surface area contributed by atoms with Crippen LogP contribution in [-0.4, -0.2) is 31.1 Å². The van der Waals surface area contributed by atoms with E-state index in [4.69, 9.17) is 11.6 Å². The molecule has 1 unspecified atom stereocenters.